The van der Waals surface area contributed by atoms with Crippen LogP contribution < -0.4 is 0 Å². The van der Waals surface area contributed by atoms with Gasteiger partial charge in [-0.1, -0.05) is 36.4 Å². The van der Waals surface area contributed by atoms with Crippen LogP contribution in [0.25, 0.3) is 5.57 Å². The fourth-order valence-electron chi connectivity index (χ4n) is 1.43. The Kier molecular flexibility index (Phi) is 4.51. The molecule has 0 saturated carbocycles. The smallest absolute Gasteiger partial charge is 0.183 e. The molecular weight excluding hydrogens is 212 g/mol. The van der Waals surface area contributed by atoms with Crippen molar-refractivity contribution in [1.29, 1.82) is 0 Å². The monoisotopic (exact) mass is 234 g/mol. The summed E-state index contributed by atoms with van der Waals surface area (Å²) in [5.74, 6) is 0. The molecule has 0 radical (unpaired) electrons. The maximum absolute atomic E-state index is 5.83. The molecule has 1 nitrogen and oxygen atoms in total. The van der Waals surface area contributed by atoms with E-state index < -0.39 is 8.32 Å². The average Bonchev–Trinajstić information content (AvgIpc) is 2.16. The first-order chi connectivity index (χ1) is 7.38. The molecule has 0 aliphatic carbocycles. The van der Waals surface area contributed by atoms with Crippen molar-refractivity contribution in [3.05, 3.63) is 42.0 Å². The molecule has 0 aliphatic rings. The molecule has 0 bridgehead atoms. The predicted octanol–water partition coefficient (Wildman–Crippen LogP) is 4.11. The second-order valence-electron chi connectivity index (χ2n) is 5.19. The molecule has 0 heterocycles. The van der Waals surface area contributed by atoms with E-state index in [1.807, 2.05) is 6.92 Å². The minimum atomic E-state index is -1.35. The van der Waals surface area contributed by atoms with Crippen molar-refractivity contribution in [3.63, 3.8) is 0 Å². The van der Waals surface area contributed by atoms with Crippen molar-refractivity contribution in [2.45, 2.75) is 33.0 Å². The third-order valence-corrected chi connectivity index (χ3v) is 3.44. The average molecular weight is 234 g/mol. The van der Waals surface area contributed by atoms with Gasteiger partial charge in [-0.15, -0.1) is 0 Å². The van der Waals surface area contributed by atoms with Gasteiger partial charge in [0.1, 0.15) is 0 Å². The van der Waals surface area contributed by atoms with Gasteiger partial charge >= 0.3 is 0 Å². The summed E-state index contributed by atoms with van der Waals surface area (Å²) < 4.78 is 5.83. The second-order valence-corrected chi connectivity index (χ2v) is 9.70. The lowest BCUT2D eigenvalue weighted by Gasteiger charge is -2.16. The van der Waals surface area contributed by atoms with Gasteiger partial charge in [-0.05, 0) is 44.1 Å². The third kappa shape index (κ3) is 4.77. The van der Waals surface area contributed by atoms with Crippen LogP contribution in [0, 0.1) is 0 Å². The summed E-state index contributed by atoms with van der Waals surface area (Å²) in [5, 5.41) is 0. The van der Waals surface area contributed by atoms with E-state index in [-0.39, 0.29) is 0 Å². The Morgan fingerprint density at radius 2 is 1.75 bits per heavy atom. The standard InChI is InChI=1S/C14H22OSi/c1-12(2)14-8-6-13(7-9-14)10-11-15-16(3,4)5/h6-9H,1,10-11H2,2-5H3. The fourth-order valence-corrected chi connectivity index (χ4v) is 2.15. The zero-order valence-corrected chi connectivity index (χ0v) is 11.8. The van der Waals surface area contributed by atoms with Crippen LogP contribution in [0.5, 0.6) is 0 Å². The van der Waals surface area contributed by atoms with Crippen molar-refractivity contribution in [1.82, 2.24) is 0 Å². The molecule has 0 saturated heterocycles. The molecule has 16 heavy (non-hydrogen) atoms. The molecule has 1 aromatic carbocycles. The van der Waals surface area contributed by atoms with E-state index in [4.69, 9.17) is 4.43 Å². The molecule has 1 aromatic rings. The van der Waals surface area contributed by atoms with E-state index in [2.05, 4.69) is 50.5 Å². The number of hydrogen-bond acceptors (Lipinski definition) is 1. The predicted molar refractivity (Wildman–Crippen MR) is 74.2 cm³/mol. The van der Waals surface area contributed by atoms with Gasteiger partial charge in [0.25, 0.3) is 0 Å². The van der Waals surface area contributed by atoms with E-state index in [9.17, 15) is 0 Å². The van der Waals surface area contributed by atoms with Crippen molar-refractivity contribution < 1.29 is 4.43 Å². The highest BCUT2D eigenvalue weighted by molar-refractivity contribution is 6.69. The lowest BCUT2D eigenvalue weighted by atomic mass is 10.1. The lowest BCUT2D eigenvalue weighted by molar-refractivity contribution is 0.316. The molecule has 1 rings (SSSR count). The van der Waals surface area contributed by atoms with Crippen LogP contribution >= 0.6 is 0 Å². The maximum atomic E-state index is 5.83. The van der Waals surface area contributed by atoms with E-state index in [1.165, 1.54) is 11.1 Å². The number of allylic oxidation sites excluding steroid dienone is 1. The van der Waals surface area contributed by atoms with Gasteiger partial charge in [-0.3, -0.25) is 0 Å². The highest BCUT2D eigenvalue weighted by atomic mass is 28.4. The van der Waals surface area contributed by atoms with Gasteiger partial charge in [-0.25, -0.2) is 0 Å². The van der Waals surface area contributed by atoms with Crippen LogP contribution in [0.2, 0.25) is 19.6 Å². The quantitative estimate of drug-likeness (QED) is 0.697. The Bertz CT molecular complexity index is 346. The van der Waals surface area contributed by atoms with E-state index >= 15 is 0 Å². The molecule has 0 aliphatic heterocycles. The minimum absolute atomic E-state index is 0.835. The molecule has 0 atom stereocenters. The summed E-state index contributed by atoms with van der Waals surface area (Å²) in [4.78, 5) is 0. The minimum Gasteiger partial charge on any atom is -0.417 e. The number of hydrogen-bond donors (Lipinski definition) is 0. The molecule has 0 amide bonds. The summed E-state index contributed by atoms with van der Waals surface area (Å²) in [5.41, 5.74) is 3.67. The van der Waals surface area contributed by atoms with E-state index in [0.717, 1.165) is 18.6 Å². The Balaban J connectivity index is 2.47. The Hall–Kier alpha value is -0.863. The van der Waals surface area contributed by atoms with Gasteiger partial charge in [0.2, 0.25) is 0 Å². The van der Waals surface area contributed by atoms with Crippen molar-refractivity contribution >= 4 is 13.9 Å². The molecule has 88 valence electrons. The fraction of sp³-hybridized carbons (Fsp3) is 0.429. The summed E-state index contributed by atoms with van der Waals surface area (Å²) in [7, 11) is -1.35. The van der Waals surface area contributed by atoms with Crippen LogP contribution in [0.15, 0.2) is 30.8 Å². The van der Waals surface area contributed by atoms with Crippen LogP contribution in [0.3, 0.4) is 0 Å². The zero-order chi connectivity index (χ0) is 12.2. The normalized spacial score (nSPS) is 11.5. The molecule has 0 N–H and O–H groups in total. The van der Waals surface area contributed by atoms with Crippen LogP contribution in [0.4, 0.5) is 0 Å². The molecule has 0 aromatic heterocycles. The number of benzene rings is 1. The highest BCUT2D eigenvalue weighted by Crippen LogP contribution is 2.13. The highest BCUT2D eigenvalue weighted by Gasteiger charge is 2.13. The Morgan fingerprint density at radius 1 is 1.19 bits per heavy atom. The molecule has 0 unspecified atom stereocenters. The summed E-state index contributed by atoms with van der Waals surface area (Å²) in [6.07, 6.45) is 1.00. The van der Waals surface area contributed by atoms with Crippen LogP contribution in [-0.2, 0) is 10.8 Å². The van der Waals surface area contributed by atoms with E-state index in [0.29, 0.717) is 0 Å². The molecule has 2 heteroatoms. The first-order valence-corrected chi connectivity index (χ1v) is 9.18. The van der Waals surface area contributed by atoms with Gasteiger partial charge in [0.05, 0.1) is 0 Å². The maximum Gasteiger partial charge on any atom is 0.183 e. The van der Waals surface area contributed by atoms with Crippen molar-refractivity contribution in [2.24, 2.45) is 0 Å². The lowest BCUT2D eigenvalue weighted by Crippen LogP contribution is -2.26. The van der Waals surface area contributed by atoms with Gasteiger partial charge in [0, 0.05) is 6.61 Å². The Morgan fingerprint density at radius 3 is 2.19 bits per heavy atom. The first-order valence-electron chi connectivity index (χ1n) is 5.77. The molecule has 0 fully saturated rings. The van der Waals surface area contributed by atoms with E-state index in [1.54, 1.807) is 0 Å². The SMILES string of the molecule is C=C(C)c1ccc(CCO[Si](C)(C)C)cc1. The van der Waals surface area contributed by atoms with Crippen molar-refractivity contribution in [2.75, 3.05) is 6.61 Å². The van der Waals surface area contributed by atoms with Crippen LogP contribution in [-0.4, -0.2) is 14.9 Å². The van der Waals surface area contributed by atoms with Gasteiger partial charge in [0.15, 0.2) is 8.32 Å². The third-order valence-electron chi connectivity index (χ3n) is 2.37. The summed E-state index contributed by atoms with van der Waals surface area (Å²) in [6, 6.07) is 8.59. The van der Waals surface area contributed by atoms with Crippen molar-refractivity contribution in [3.8, 4) is 0 Å². The largest absolute Gasteiger partial charge is 0.417 e. The topological polar surface area (TPSA) is 9.23 Å². The second kappa shape index (κ2) is 5.46. The first kappa shape index (κ1) is 13.2. The summed E-state index contributed by atoms with van der Waals surface area (Å²) in [6.45, 7) is 13.5. The van der Waals surface area contributed by atoms with Crippen LogP contribution in [0.1, 0.15) is 18.1 Å². The van der Waals surface area contributed by atoms with Gasteiger partial charge < -0.3 is 4.43 Å². The zero-order valence-electron chi connectivity index (χ0n) is 10.8. The number of rotatable bonds is 5. The summed E-state index contributed by atoms with van der Waals surface area (Å²) >= 11 is 0. The van der Waals surface area contributed by atoms with Gasteiger partial charge in [-0.2, -0.15) is 0 Å². The molecular formula is C14H22OSi. The Labute approximate surface area is 100 Å². The molecule has 0 spiro atoms.